The molecule has 3 N–H and O–H groups in total. The zero-order valence-electron chi connectivity index (χ0n) is 12.6. The van der Waals surface area contributed by atoms with E-state index in [2.05, 4.69) is 34.4 Å². The first-order chi connectivity index (χ1) is 11.3. The van der Waals surface area contributed by atoms with Crippen LogP contribution in [-0.4, -0.2) is 11.9 Å². The number of nitrogens with one attached hydrogen (secondary N) is 3. The number of amides is 1. The maximum absolute atomic E-state index is 12.3. The van der Waals surface area contributed by atoms with E-state index < -0.39 is 0 Å². The number of hydrogen-bond donors (Lipinski definition) is 3. The normalized spacial score (nSPS) is 20.0. The third-order valence-electron chi connectivity index (χ3n) is 3.97. The number of hydrazine groups is 1. The molecule has 2 atom stereocenters. The van der Waals surface area contributed by atoms with Crippen molar-refractivity contribution in [2.75, 3.05) is 0 Å². The fourth-order valence-electron chi connectivity index (χ4n) is 2.64. The highest BCUT2D eigenvalue weighted by molar-refractivity contribution is 5.82. The van der Waals surface area contributed by atoms with Crippen LogP contribution in [0.5, 0.6) is 0 Å². The Morgan fingerprint density at radius 1 is 1.13 bits per heavy atom. The van der Waals surface area contributed by atoms with Gasteiger partial charge in [0.1, 0.15) is 6.04 Å². The molecule has 0 aliphatic carbocycles. The molecule has 1 fully saturated rings. The fourth-order valence-corrected chi connectivity index (χ4v) is 2.64. The first kappa shape index (κ1) is 15.2. The lowest BCUT2D eigenvalue weighted by Gasteiger charge is -2.11. The minimum absolute atomic E-state index is 0.0275. The molecule has 2 aromatic carbocycles. The zero-order chi connectivity index (χ0) is 16.1. The van der Waals surface area contributed by atoms with Crippen molar-refractivity contribution in [3.05, 3.63) is 71.3 Å². The van der Waals surface area contributed by atoms with Crippen LogP contribution in [0.4, 0.5) is 0 Å². The van der Waals surface area contributed by atoms with Gasteiger partial charge in [-0.15, -0.1) is 0 Å². The molecule has 0 aromatic heterocycles. The maximum atomic E-state index is 12.3. The van der Waals surface area contributed by atoms with Crippen LogP contribution in [0.15, 0.2) is 54.6 Å². The van der Waals surface area contributed by atoms with Crippen LogP contribution in [0.3, 0.4) is 0 Å². The lowest BCUT2D eigenvalue weighted by atomic mass is 10.0. The van der Waals surface area contributed by atoms with E-state index in [1.807, 2.05) is 30.3 Å². The van der Waals surface area contributed by atoms with Crippen LogP contribution in [0.25, 0.3) is 0 Å². The van der Waals surface area contributed by atoms with E-state index in [0.29, 0.717) is 18.5 Å². The molecule has 0 spiro atoms. The molecule has 1 amide bonds. The summed E-state index contributed by atoms with van der Waals surface area (Å²) in [5.74, 6) is -0.0275. The molecule has 116 valence electrons. The molecule has 1 saturated heterocycles. The summed E-state index contributed by atoms with van der Waals surface area (Å²) in [5, 5.41) is 11.7. The van der Waals surface area contributed by atoms with Crippen LogP contribution in [0.2, 0.25) is 0 Å². The van der Waals surface area contributed by atoms with E-state index in [-0.39, 0.29) is 18.0 Å². The molecular weight excluding hydrogens is 288 g/mol. The first-order valence-electron chi connectivity index (χ1n) is 7.59. The lowest BCUT2D eigenvalue weighted by Crippen LogP contribution is -2.42. The largest absolute Gasteiger partial charge is 0.351 e. The molecule has 5 nitrogen and oxygen atoms in total. The highest BCUT2D eigenvalue weighted by Crippen LogP contribution is 2.21. The van der Waals surface area contributed by atoms with Crippen molar-refractivity contribution >= 4 is 5.91 Å². The molecule has 1 aliphatic rings. The molecule has 0 bridgehead atoms. The minimum atomic E-state index is -0.251. The van der Waals surface area contributed by atoms with Gasteiger partial charge in [-0.1, -0.05) is 42.5 Å². The lowest BCUT2D eigenvalue weighted by molar-refractivity contribution is -0.123. The summed E-state index contributed by atoms with van der Waals surface area (Å²) in [5.41, 5.74) is 8.99. The first-order valence-corrected chi connectivity index (χ1v) is 7.59. The smallest absolute Gasteiger partial charge is 0.238 e. The van der Waals surface area contributed by atoms with Gasteiger partial charge in [0.05, 0.1) is 11.6 Å². The van der Waals surface area contributed by atoms with Gasteiger partial charge in [0.25, 0.3) is 0 Å². The van der Waals surface area contributed by atoms with Crippen molar-refractivity contribution in [3.63, 3.8) is 0 Å². The Balaban J connectivity index is 1.52. The Kier molecular flexibility index (Phi) is 4.67. The highest BCUT2D eigenvalue weighted by atomic mass is 16.2. The van der Waals surface area contributed by atoms with Gasteiger partial charge in [0.15, 0.2) is 0 Å². The van der Waals surface area contributed by atoms with Crippen molar-refractivity contribution in [1.29, 1.82) is 5.26 Å². The van der Waals surface area contributed by atoms with Crippen LogP contribution < -0.4 is 16.2 Å². The Hall–Kier alpha value is -2.68. The fraction of sp³-hybridized carbons (Fsp3) is 0.222. The van der Waals surface area contributed by atoms with Gasteiger partial charge in [-0.3, -0.25) is 4.79 Å². The quantitative estimate of drug-likeness (QED) is 0.805. The van der Waals surface area contributed by atoms with Gasteiger partial charge in [0, 0.05) is 12.6 Å². The topological polar surface area (TPSA) is 77.0 Å². The number of nitriles is 1. The molecule has 2 aromatic rings. The summed E-state index contributed by atoms with van der Waals surface area (Å²) in [6.07, 6.45) is 0.712. The highest BCUT2D eigenvalue weighted by Gasteiger charge is 2.29. The molecule has 0 radical (unpaired) electrons. The molecule has 2 unspecified atom stereocenters. The van der Waals surface area contributed by atoms with Crippen molar-refractivity contribution in [1.82, 2.24) is 16.2 Å². The predicted octanol–water partition coefficient (Wildman–Crippen LogP) is 1.78. The Morgan fingerprint density at radius 3 is 2.57 bits per heavy atom. The summed E-state index contributed by atoms with van der Waals surface area (Å²) < 4.78 is 0. The summed E-state index contributed by atoms with van der Waals surface area (Å²) in [6.45, 7) is 0.457. The summed E-state index contributed by atoms with van der Waals surface area (Å²) in [7, 11) is 0. The van der Waals surface area contributed by atoms with Crippen LogP contribution in [0.1, 0.15) is 29.2 Å². The van der Waals surface area contributed by atoms with E-state index >= 15 is 0 Å². The monoisotopic (exact) mass is 306 g/mol. The number of carbonyl (C=O) groups excluding carboxylic acids is 1. The Morgan fingerprint density at radius 2 is 1.87 bits per heavy atom. The zero-order valence-corrected chi connectivity index (χ0v) is 12.6. The molecule has 0 saturated carbocycles. The van der Waals surface area contributed by atoms with Crippen molar-refractivity contribution in [3.8, 4) is 6.07 Å². The second-order valence-electron chi connectivity index (χ2n) is 5.57. The molecule has 23 heavy (non-hydrogen) atoms. The van der Waals surface area contributed by atoms with Gasteiger partial charge in [-0.2, -0.15) is 5.26 Å². The summed E-state index contributed by atoms with van der Waals surface area (Å²) in [6, 6.07) is 19.3. The number of benzene rings is 2. The van der Waals surface area contributed by atoms with Crippen LogP contribution >= 0.6 is 0 Å². The third-order valence-corrected chi connectivity index (χ3v) is 3.97. The van der Waals surface area contributed by atoms with E-state index in [0.717, 1.165) is 5.56 Å². The summed E-state index contributed by atoms with van der Waals surface area (Å²) >= 11 is 0. The van der Waals surface area contributed by atoms with Crippen LogP contribution in [-0.2, 0) is 11.3 Å². The Bertz CT molecular complexity index is 706. The van der Waals surface area contributed by atoms with Crippen molar-refractivity contribution in [2.24, 2.45) is 0 Å². The standard InChI is InChI=1S/C18H18N4O/c19-11-13-6-8-14(9-7-13)12-20-18(23)17-10-16(21-22-17)15-4-2-1-3-5-15/h1-9,16-17,21-22H,10,12H2,(H,20,23). The third kappa shape index (κ3) is 3.75. The van der Waals surface area contributed by atoms with Gasteiger partial charge >= 0.3 is 0 Å². The molecule has 3 rings (SSSR count). The average Bonchev–Trinajstić information content (AvgIpc) is 3.11. The van der Waals surface area contributed by atoms with Gasteiger partial charge < -0.3 is 5.32 Å². The second-order valence-corrected chi connectivity index (χ2v) is 5.57. The number of hydrogen-bond acceptors (Lipinski definition) is 4. The van der Waals surface area contributed by atoms with E-state index in [1.54, 1.807) is 12.1 Å². The average molecular weight is 306 g/mol. The molecule has 1 aliphatic heterocycles. The van der Waals surface area contributed by atoms with E-state index in [9.17, 15) is 4.79 Å². The molecular formula is C18H18N4O. The second kappa shape index (κ2) is 7.05. The minimum Gasteiger partial charge on any atom is -0.351 e. The van der Waals surface area contributed by atoms with E-state index in [4.69, 9.17) is 5.26 Å². The van der Waals surface area contributed by atoms with Crippen molar-refractivity contribution in [2.45, 2.75) is 25.0 Å². The molecule has 1 heterocycles. The Labute approximate surface area is 135 Å². The number of rotatable bonds is 4. The SMILES string of the molecule is N#Cc1ccc(CNC(=O)C2CC(c3ccccc3)NN2)cc1. The summed E-state index contributed by atoms with van der Waals surface area (Å²) in [4.78, 5) is 12.3. The van der Waals surface area contributed by atoms with Crippen molar-refractivity contribution < 1.29 is 4.79 Å². The van der Waals surface area contributed by atoms with Gasteiger partial charge in [-0.05, 0) is 29.7 Å². The van der Waals surface area contributed by atoms with Gasteiger partial charge in [0.2, 0.25) is 5.91 Å². The number of carbonyl (C=O) groups is 1. The maximum Gasteiger partial charge on any atom is 0.238 e. The van der Waals surface area contributed by atoms with E-state index in [1.165, 1.54) is 5.56 Å². The van der Waals surface area contributed by atoms with Crippen LogP contribution in [0, 0.1) is 11.3 Å². The number of nitrogens with zero attached hydrogens (tertiary/aromatic N) is 1. The van der Waals surface area contributed by atoms with Gasteiger partial charge in [-0.25, -0.2) is 10.9 Å². The molecule has 5 heteroatoms. The predicted molar refractivity (Wildman–Crippen MR) is 86.9 cm³/mol.